The molecule has 19 heavy (non-hydrogen) atoms. The first-order chi connectivity index (χ1) is 9.23. The Morgan fingerprint density at radius 3 is 2.58 bits per heavy atom. The van der Waals surface area contributed by atoms with Crippen molar-refractivity contribution >= 4 is 11.9 Å². The highest BCUT2D eigenvalue weighted by molar-refractivity contribution is 5.34. The normalized spacial score (nSPS) is 12.0. The molecular weight excluding hydrogens is 248 g/mol. The first-order valence-electron chi connectivity index (χ1n) is 6.43. The molecule has 8 nitrogen and oxygen atoms in total. The van der Waals surface area contributed by atoms with E-state index in [4.69, 9.17) is 15.7 Å². The third-order valence-electron chi connectivity index (χ3n) is 2.68. The Balaban J connectivity index is 2.67. The Kier molecular flexibility index (Phi) is 6.83. The molecule has 1 rings (SSSR count). The predicted octanol–water partition coefficient (Wildman–Crippen LogP) is 0.376. The Morgan fingerprint density at radius 1 is 1.26 bits per heavy atom. The van der Waals surface area contributed by atoms with Crippen LogP contribution in [0.5, 0.6) is 6.01 Å². The molecule has 0 bridgehead atoms. The molecule has 0 aliphatic heterocycles. The molecule has 1 unspecified atom stereocenters. The quantitative estimate of drug-likeness (QED) is 0.375. The molecule has 1 aromatic rings. The molecule has 1 atom stereocenters. The summed E-state index contributed by atoms with van der Waals surface area (Å²) in [6.45, 7) is 5.25. The van der Waals surface area contributed by atoms with Crippen molar-refractivity contribution in [2.45, 2.75) is 26.7 Å². The zero-order valence-corrected chi connectivity index (χ0v) is 11.4. The van der Waals surface area contributed by atoms with Gasteiger partial charge >= 0.3 is 6.01 Å². The largest absolute Gasteiger partial charge is 0.464 e. The number of nitrogens with one attached hydrogen (secondary N) is 2. The number of ether oxygens (including phenoxy) is 1. The Labute approximate surface area is 112 Å². The lowest BCUT2D eigenvalue weighted by Gasteiger charge is -2.14. The third-order valence-corrected chi connectivity index (χ3v) is 2.68. The molecule has 0 saturated carbocycles. The fourth-order valence-electron chi connectivity index (χ4n) is 1.56. The van der Waals surface area contributed by atoms with Gasteiger partial charge < -0.3 is 15.2 Å². The Morgan fingerprint density at radius 2 is 2.00 bits per heavy atom. The summed E-state index contributed by atoms with van der Waals surface area (Å²) in [7, 11) is 0. The van der Waals surface area contributed by atoms with E-state index in [0.717, 1.165) is 12.8 Å². The molecule has 0 spiro atoms. The second kappa shape index (κ2) is 8.44. The van der Waals surface area contributed by atoms with Crippen LogP contribution in [-0.4, -0.2) is 39.8 Å². The molecule has 1 aromatic heterocycles. The lowest BCUT2D eigenvalue weighted by atomic mass is 10.0. The van der Waals surface area contributed by atoms with E-state index in [-0.39, 0.29) is 18.6 Å². The van der Waals surface area contributed by atoms with Gasteiger partial charge in [0.25, 0.3) is 0 Å². The minimum Gasteiger partial charge on any atom is -0.464 e. The molecule has 0 fully saturated rings. The SMILES string of the molecule is CCOc1nc(NN)nc(NCC(CC)CCO)n1. The van der Waals surface area contributed by atoms with Gasteiger partial charge in [0.2, 0.25) is 11.9 Å². The lowest BCUT2D eigenvalue weighted by molar-refractivity contribution is 0.258. The number of hydrazine groups is 1. The molecule has 0 aliphatic rings. The van der Waals surface area contributed by atoms with Crippen molar-refractivity contribution in [2.75, 3.05) is 30.5 Å². The van der Waals surface area contributed by atoms with E-state index in [0.29, 0.717) is 25.0 Å². The van der Waals surface area contributed by atoms with Crippen LogP contribution in [0.1, 0.15) is 26.7 Å². The van der Waals surface area contributed by atoms with Crippen LogP contribution < -0.4 is 21.3 Å². The molecule has 0 amide bonds. The van der Waals surface area contributed by atoms with Gasteiger partial charge in [-0.2, -0.15) is 15.0 Å². The summed E-state index contributed by atoms with van der Waals surface area (Å²) in [4.78, 5) is 12.2. The zero-order valence-electron chi connectivity index (χ0n) is 11.4. The number of aliphatic hydroxyl groups excluding tert-OH is 1. The highest BCUT2D eigenvalue weighted by Gasteiger charge is 2.09. The second-order valence-electron chi connectivity index (χ2n) is 4.01. The van der Waals surface area contributed by atoms with Crippen LogP contribution >= 0.6 is 0 Å². The van der Waals surface area contributed by atoms with E-state index in [9.17, 15) is 0 Å². The molecule has 108 valence electrons. The smallest absolute Gasteiger partial charge is 0.323 e. The van der Waals surface area contributed by atoms with Crippen molar-refractivity contribution in [1.29, 1.82) is 0 Å². The molecule has 0 saturated heterocycles. The van der Waals surface area contributed by atoms with Crippen LogP contribution in [0.15, 0.2) is 0 Å². The van der Waals surface area contributed by atoms with Gasteiger partial charge in [0.15, 0.2) is 0 Å². The summed E-state index contributed by atoms with van der Waals surface area (Å²) >= 11 is 0. The number of hydrogen-bond acceptors (Lipinski definition) is 8. The highest BCUT2D eigenvalue weighted by Crippen LogP contribution is 2.13. The van der Waals surface area contributed by atoms with Crippen molar-refractivity contribution in [3.8, 4) is 6.01 Å². The van der Waals surface area contributed by atoms with Gasteiger partial charge in [-0.3, -0.25) is 5.43 Å². The molecule has 8 heteroatoms. The topological polar surface area (TPSA) is 118 Å². The van der Waals surface area contributed by atoms with Gasteiger partial charge in [-0.05, 0) is 19.3 Å². The summed E-state index contributed by atoms with van der Waals surface area (Å²) in [5.41, 5.74) is 2.37. The van der Waals surface area contributed by atoms with Crippen LogP contribution in [0.25, 0.3) is 0 Å². The summed E-state index contributed by atoms with van der Waals surface area (Å²) in [6.07, 6.45) is 1.72. The minimum atomic E-state index is 0.178. The Hall–Kier alpha value is -1.67. The van der Waals surface area contributed by atoms with E-state index in [2.05, 4.69) is 32.6 Å². The summed E-state index contributed by atoms with van der Waals surface area (Å²) in [5.74, 6) is 6.31. The van der Waals surface area contributed by atoms with Gasteiger partial charge in [0.05, 0.1) is 6.61 Å². The summed E-state index contributed by atoms with van der Waals surface area (Å²) in [6, 6.07) is 0.225. The molecular formula is C11H22N6O2. The van der Waals surface area contributed by atoms with E-state index >= 15 is 0 Å². The number of aromatic nitrogens is 3. The number of rotatable bonds is 9. The number of nitrogen functional groups attached to an aromatic ring is 1. The van der Waals surface area contributed by atoms with E-state index in [1.54, 1.807) is 0 Å². The summed E-state index contributed by atoms with van der Waals surface area (Å²) < 4.78 is 5.23. The molecule has 5 N–H and O–H groups in total. The first kappa shape index (κ1) is 15.4. The maximum Gasteiger partial charge on any atom is 0.323 e. The minimum absolute atomic E-state index is 0.178. The highest BCUT2D eigenvalue weighted by atomic mass is 16.5. The number of hydrogen-bond donors (Lipinski definition) is 4. The van der Waals surface area contributed by atoms with Crippen LogP contribution in [-0.2, 0) is 0 Å². The third kappa shape index (κ3) is 5.23. The van der Waals surface area contributed by atoms with Gasteiger partial charge in [0, 0.05) is 13.2 Å². The van der Waals surface area contributed by atoms with Gasteiger partial charge in [-0.1, -0.05) is 13.3 Å². The number of aliphatic hydroxyl groups is 1. The molecule has 1 heterocycles. The number of nitrogens with two attached hydrogens (primary N) is 1. The second-order valence-corrected chi connectivity index (χ2v) is 4.01. The van der Waals surface area contributed by atoms with Gasteiger partial charge in [-0.25, -0.2) is 5.84 Å². The van der Waals surface area contributed by atoms with Crippen molar-refractivity contribution in [3.05, 3.63) is 0 Å². The fraction of sp³-hybridized carbons (Fsp3) is 0.727. The lowest BCUT2D eigenvalue weighted by Crippen LogP contribution is -2.18. The van der Waals surface area contributed by atoms with E-state index < -0.39 is 0 Å². The van der Waals surface area contributed by atoms with Gasteiger partial charge in [0.1, 0.15) is 0 Å². The van der Waals surface area contributed by atoms with Crippen molar-refractivity contribution in [1.82, 2.24) is 15.0 Å². The zero-order chi connectivity index (χ0) is 14.1. The van der Waals surface area contributed by atoms with Gasteiger partial charge in [-0.15, -0.1) is 0 Å². The molecule has 0 aromatic carbocycles. The first-order valence-corrected chi connectivity index (χ1v) is 6.43. The predicted molar refractivity (Wildman–Crippen MR) is 72.8 cm³/mol. The maximum absolute atomic E-state index is 8.95. The van der Waals surface area contributed by atoms with Crippen LogP contribution in [0, 0.1) is 5.92 Å². The Bertz CT molecular complexity index is 376. The average Bonchev–Trinajstić information content (AvgIpc) is 2.43. The molecule has 0 aliphatic carbocycles. The van der Waals surface area contributed by atoms with Crippen molar-refractivity contribution in [3.63, 3.8) is 0 Å². The van der Waals surface area contributed by atoms with E-state index in [1.165, 1.54) is 0 Å². The summed E-state index contributed by atoms with van der Waals surface area (Å²) in [5, 5.41) is 12.1. The van der Waals surface area contributed by atoms with Crippen molar-refractivity contribution < 1.29 is 9.84 Å². The van der Waals surface area contributed by atoms with Crippen LogP contribution in [0.4, 0.5) is 11.9 Å². The van der Waals surface area contributed by atoms with Crippen molar-refractivity contribution in [2.24, 2.45) is 11.8 Å². The van der Waals surface area contributed by atoms with E-state index in [1.807, 2.05) is 6.92 Å². The number of anilines is 2. The monoisotopic (exact) mass is 270 g/mol. The van der Waals surface area contributed by atoms with Crippen LogP contribution in [0.2, 0.25) is 0 Å². The fourth-order valence-corrected chi connectivity index (χ4v) is 1.56. The standard InChI is InChI=1S/C11H22N6O2/c1-3-8(5-6-18)7-13-9-14-10(17-12)16-11(15-9)19-4-2/h8,18H,3-7,12H2,1-2H3,(H2,13,14,15,16,17). The number of nitrogens with zero attached hydrogens (tertiary/aromatic N) is 3. The maximum atomic E-state index is 8.95. The average molecular weight is 270 g/mol. The molecule has 0 radical (unpaired) electrons. The van der Waals surface area contributed by atoms with Crippen LogP contribution in [0.3, 0.4) is 0 Å².